The lowest BCUT2D eigenvalue weighted by molar-refractivity contribution is -0.126. The smallest absolute Gasteiger partial charge is 0.223 e. The molecule has 0 spiro atoms. The molecule has 4 rings (SSSR count). The number of aryl methyl sites for hydroxylation is 1. The third kappa shape index (κ3) is 2.94. The molecule has 2 aliphatic rings. The fraction of sp³-hybridized carbons (Fsp3) is 0.600. The van der Waals surface area contributed by atoms with E-state index in [2.05, 4.69) is 28.8 Å². The lowest BCUT2D eigenvalue weighted by Gasteiger charge is -2.22. The van der Waals surface area contributed by atoms with E-state index in [1.54, 1.807) is 0 Å². The van der Waals surface area contributed by atoms with Crippen molar-refractivity contribution < 1.29 is 4.79 Å². The molecule has 4 heteroatoms. The second-order valence-corrected chi connectivity index (χ2v) is 7.58. The SMILES string of the molecule is CN1CC(c2nc3ccccc3n2CCC2CCCCC2)CC1=O. The normalized spacial score (nSPS) is 22.6. The van der Waals surface area contributed by atoms with Gasteiger partial charge in [-0.2, -0.15) is 0 Å². The second kappa shape index (κ2) is 6.58. The van der Waals surface area contributed by atoms with Gasteiger partial charge in [0.05, 0.1) is 11.0 Å². The first kappa shape index (κ1) is 15.7. The summed E-state index contributed by atoms with van der Waals surface area (Å²) in [5.74, 6) is 2.46. The Bertz CT molecular complexity index is 730. The van der Waals surface area contributed by atoms with Crippen LogP contribution in [-0.2, 0) is 11.3 Å². The van der Waals surface area contributed by atoms with Crippen LogP contribution in [0.25, 0.3) is 11.0 Å². The number of para-hydroxylation sites is 2. The zero-order chi connectivity index (χ0) is 16.5. The molecule has 2 heterocycles. The predicted molar refractivity (Wildman–Crippen MR) is 95.9 cm³/mol. The van der Waals surface area contributed by atoms with Gasteiger partial charge in [0.1, 0.15) is 5.82 Å². The number of likely N-dealkylation sites (tertiary alicyclic amines) is 1. The summed E-state index contributed by atoms with van der Waals surface area (Å²) in [5, 5.41) is 0. The van der Waals surface area contributed by atoms with Crippen LogP contribution in [0.15, 0.2) is 24.3 Å². The van der Waals surface area contributed by atoms with Gasteiger partial charge in [-0.1, -0.05) is 44.2 Å². The van der Waals surface area contributed by atoms with Gasteiger partial charge in [0.2, 0.25) is 5.91 Å². The van der Waals surface area contributed by atoms with Crippen LogP contribution < -0.4 is 0 Å². The molecule has 0 radical (unpaired) electrons. The fourth-order valence-electron chi connectivity index (χ4n) is 4.46. The van der Waals surface area contributed by atoms with E-state index in [0.717, 1.165) is 30.3 Å². The number of likely N-dealkylation sites (N-methyl/N-ethyl adjacent to an activating group) is 1. The van der Waals surface area contributed by atoms with Crippen LogP contribution in [0.4, 0.5) is 0 Å². The minimum atomic E-state index is 0.237. The number of amides is 1. The van der Waals surface area contributed by atoms with Crippen molar-refractivity contribution in [2.45, 2.75) is 57.4 Å². The Labute approximate surface area is 143 Å². The molecule has 1 aliphatic heterocycles. The summed E-state index contributed by atoms with van der Waals surface area (Å²) in [6.45, 7) is 1.83. The van der Waals surface area contributed by atoms with Gasteiger partial charge >= 0.3 is 0 Å². The van der Waals surface area contributed by atoms with Crippen molar-refractivity contribution in [2.75, 3.05) is 13.6 Å². The van der Waals surface area contributed by atoms with Crippen LogP contribution in [0.5, 0.6) is 0 Å². The lowest BCUT2D eigenvalue weighted by atomic mass is 9.87. The molecule has 2 aromatic rings. The molecule has 1 atom stereocenters. The van der Waals surface area contributed by atoms with Crippen molar-refractivity contribution in [1.29, 1.82) is 0 Å². The summed E-state index contributed by atoms with van der Waals surface area (Å²) >= 11 is 0. The molecule has 128 valence electrons. The Morgan fingerprint density at radius 2 is 1.96 bits per heavy atom. The van der Waals surface area contributed by atoms with Crippen LogP contribution in [-0.4, -0.2) is 34.0 Å². The second-order valence-electron chi connectivity index (χ2n) is 7.58. The van der Waals surface area contributed by atoms with E-state index in [4.69, 9.17) is 4.98 Å². The minimum absolute atomic E-state index is 0.237. The highest BCUT2D eigenvalue weighted by Gasteiger charge is 2.32. The topological polar surface area (TPSA) is 38.1 Å². The number of carbonyl (C=O) groups is 1. The van der Waals surface area contributed by atoms with Crippen molar-refractivity contribution >= 4 is 16.9 Å². The Kier molecular flexibility index (Phi) is 4.30. The van der Waals surface area contributed by atoms with E-state index >= 15 is 0 Å². The quantitative estimate of drug-likeness (QED) is 0.853. The highest BCUT2D eigenvalue weighted by molar-refractivity contribution is 5.80. The Hall–Kier alpha value is -1.84. The first-order valence-electron chi connectivity index (χ1n) is 9.41. The molecule has 1 unspecified atom stereocenters. The van der Waals surface area contributed by atoms with Crippen molar-refractivity contribution in [1.82, 2.24) is 14.5 Å². The van der Waals surface area contributed by atoms with E-state index in [1.165, 1.54) is 44.0 Å². The summed E-state index contributed by atoms with van der Waals surface area (Å²) in [5.41, 5.74) is 2.29. The molecule has 1 saturated carbocycles. The van der Waals surface area contributed by atoms with E-state index in [-0.39, 0.29) is 11.8 Å². The summed E-state index contributed by atoms with van der Waals surface area (Å²) in [6, 6.07) is 8.41. The Morgan fingerprint density at radius 3 is 2.71 bits per heavy atom. The number of hydrogen-bond acceptors (Lipinski definition) is 2. The van der Waals surface area contributed by atoms with Crippen LogP contribution in [0.1, 0.15) is 56.7 Å². The van der Waals surface area contributed by atoms with Crippen LogP contribution in [0.3, 0.4) is 0 Å². The molecular formula is C20H27N3O. The maximum atomic E-state index is 12.0. The number of aromatic nitrogens is 2. The largest absolute Gasteiger partial charge is 0.345 e. The number of fused-ring (bicyclic) bond motifs is 1. The maximum Gasteiger partial charge on any atom is 0.223 e. The van der Waals surface area contributed by atoms with Crippen LogP contribution in [0, 0.1) is 5.92 Å². The minimum Gasteiger partial charge on any atom is -0.345 e. The number of hydrogen-bond donors (Lipinski definition) is 0. The third-order valence-electron chi connectivity index (χ3n) is 5.88. The van der Waals surface area contributed by atoms with Gasteiger partial charge in [0, 0.05) is 32.5 Å². The fourth-order valence-corrected chi connectivity index (χ4v) is 4.46. The molecule has 0 bridgehead atoms. The van der Waals surface area contributed by atoms with Gasteiger partial charge in [-0.05, 0) is 24.5 Å². The molecule has 1 aromatic carbocycles. The molecule has 1 amide bonds. The summed E-state index contributed by atoms with van der Waals surface area (Å²) in [6.07, 6.45) is 8.80. The van der Waals surface area contributed by atoms with Crippen molar-refractivity contribution in [3.05, 3.63) is 30.1 Å². The van der Waals surface area contributed by atoms with Crippen LogP contribution >= 0.6 is 0 Å². The number of benzene rings is 1. The average molecular weight is 325 g/mol. The average Bonchev–Trinajstić information content (AvgIpc) is 3.14. The first-order chi connectivity index (χ1) is 11.7. The summed E-state index contributed by atoms with van der Waals surface area (Å²) in [7, 11) is 1.90. The predicted octanol–water partition coefficient (Wildman–Crippen LogP) is 3.95. The number of rotatable bonds is 4. The Balaban J connectivity index is 1.61. The van der Waals surface area contributed by atoms with Gasteiger partial charge in [-0.25, -0.2) is 4.98 Å². The zero-order valence-electron chi connectivity index (χ0n) is 14.6. The molecular weight excluding hydrogens is 298 g/mol. The molecule has 1 aliphatic carbocycles. The number of carbonyl (C=O) groups excluding carboxylic acids is 1. The van der Waals surface area contributed by atoms with Gasteiger partial charge in [-0.3, -0.25) is 4.79 Å². The Morgan fingerprint density at radius 1 is 1.17 bits per heavy atom. The molecule has 1 aromatic heterocycles. The monoisotopic (exact) mass is 325 g/mol. The highest BCUT2D eigenvalue weighted by atomic mass is 16.2. The van der Waals surface area contributed by atoms with Gasteiger partial charge in [-0.15, -0.1) is 0 Å². The van der Waals surface area contributed by atoms with E-state index < -0.39 is 0 Å². The highest BCUT2D eigenvalue weighted by Crippen LogP contribution is 2.32. The lowest BCUT2D eigenvalue weighted by Crippen LogP contribution is -2.19. The van der Waals surface area contributed by atoms with Crippen molar-refractivity contribution in [2.24, 2.45) is 5.92 Å². The summed E-state index contributed by atoms with van der Waals surface area (Å²) < 4.78 is 2.40. The van der Waals surface area contributed by atoms with Crippen LogP contribution in [0.2, 0.25) is 0 Å². The van der Waals surface area contributed by atoms with Crippen molar-refractivity contribution in [3.63, 3.8) is 0 Å². The third-order valence-corrected chi connectivity index (χ3v) is 5.88. The molecule has 24 heavy (non-hydrogen) atoms. The molecule has 4 nitrogen and oxygen atoms in total. The molecule has 2 fully saturated rings. The standard InChI is InChI=1S/C20H27N3O/c1-22-14-16(13-19(22)24)20-21-17-9-5-6-10-18(17)23(20)12-11-15-7-3-2-4-8-15/h5-6,9-10,15-16H,2-4,7-8,11-14H2,1H3. The van der Waals surface area contributed by atoms with Gasteiger partial charge < -0.3 is 9.47 Å². The number of imidazole rings is 1. The van der Waals surface area contributed by atoms with E-state index in [1.807, 2.05) is 11.9 Å². The maximum absolute atomic E-state index is 12.0. The van der Waals surface area contributed by atoms with Gasteiger partial charge in [0.15, 0.2) is 0 Å². The van der Waals surface area contributed by atoms with E-state index in [9.17, 15) is 4.79 Å². The summed E-state index contributed by atoms with van der Waals surface area (Å²) in [4.78, 5) is 18.7. The first-order valence-corrected chi connectivity index (χ1v) is 9.41. The van der Waals surface area contributed by atoms with Crippen molar-refractivity contribution in [3.8, 4) is 0 Å². The van der Waals surface area contributed by atoms with E-state index in [0.29, 0.717) is 6.42 Å². The molecule has 0 N–H and O–H groups in total. The zero-order valence-corrected chi connectivity index (χ0v) is 14.6. The van der Waals surface area contributed by atoms with Gasteiger partial charge in [0.25, 0.3) is 0 Å². The number of nitrogens with zero attached hydrogens (tertiary/aromatic N) is 3. The molecule has 1 saturated heterocycles.